The van der Waals surface area contributed by atoms with E-state index in [2.05, 4.69) is 0 Å². The Kier molecular flexibility index (Phi) is 3.96. The highest BCUT2D eigenvalue weighted by atomic mass is 35.5. The van der Waals surface area contributed by atoms with Crippen molar-refractivity contribution in [2.45, 2.75) is 31.5 Å². The molecule has 4 nitrogen and oxygen atoms in total. The van der Waals surface area contributed by atoms with Crippen LogP contribution in [0, 0.1) is 0 Å². The Balaban J connectivity index is 0.00000121. The molecule has 0 aromatic heterocycles. The molecule has 0 bridgehead atoms. The first-order valence-electron chi connectivity index (χ1n) is 3.70. The topological polar surface area (TPSA) is 72.5 Å². The van der Waals surface area contributed by atoms with Crippen molar-refractivity contribution in [3.05, 3.63) is 0 Å². The van der Waals surface area contributed by atoms with E-state index < -0.39 is 11.6 Å². The molecular weight excluding hydrogens is 182 g/mol. The van der Waals surface area contributed by atoms with Gasteiger partial charge in [0.2, 0.25) is 0 Å². The molecule has 0 amide bonds. The van der Waals surface area contributed by atoms with Crippen LogP contribution in [0.25, 0.3) is 0 Å². The van der Waals surface area contributed by atoms with E-state index in [1.54, 1.807) is 6.92 Å². The number of hydrogen-bond acceptors (Lipinski definition) is 3. The Morgan fingerprint density at radius 2 is 2.42 bits per heavy atom. The van der Waals surface area contributed by atoms with Gasteiger partial charge in [-0.3, -0.25) is 0 Å². The second-order valence-corrected chi connectivity index (χ2v) is 3.05. The van der Waals surface area contributed by atoms with Gasteiger partial charge in [0.1, 0.15) is 0 Å². The SMILES string of the molecule is CC1(C(=O)O)CCC(CN)O1.Cl. The lowest BCUT2D eigenvalue weighted by Crippen LogP contribution is -2.36. The van der Waals surface area contributed by atoms with Crippen molar-refractivity contribution in [1.82, 2.24) is 0 Å². The molecular formula is C7H14ClNO3. The summed E-state index contributed by atoms with van der Waals surface area (Å²) >= 11 is 0. The molecule has 5 heteroatoms. The number of carboxylic acid groups (broad SMARTS) is 1. The first-order chi connectivity index (χ1) is 5.08. The third kappa shape index (κ3) is 2.09. The van der Waals surface area contributed by atoms with E-state index in [1.807, 2.05) is 0 Å². The fourth-order valence-corrected chi connectivity index (χ4v) is 1.25. The maximum absolute atomic E-state index is 10.6. The quantitative estimate of drug-likeness (QED) is 0.669. The molecule has 0 aromatic carbocycles. The molecule has 0 aliphatic carbocycles. The zero-order chi connectivity index (χ0) is 8.48. The van der Waals surface area contributed by atoms with Crippen LogP contribution in [0.1, 0.15) is 19.8 Å². The second kappa shape index (κ2) is 4.07. The Labute approximate surface area is 77.5 Å². The minimum absolute atomic E-state index is 0. The molecule has 2 unspecified atom stereocenters. The molecule has 12 heavy (non-hydrogen) atoms. The van der Waals surface area contributed by atoms with Crippen LogP contribution in [0.15, 0.2) is 0 Å². The predicted octanol–water partition coefficient (Wildman–Crippen LogP) is 0.389. The largest absolute Gasteiger partial charge is 0.479 e. The third-order valence-electron chi connectivity index (χ3n) is 2.09. The summed E-state index contributed by atoms with van der Waals surface area (Å²) in [6, 6.07) is 0. The van der Waals surface area contributed by atoms with Crippen molar-refractivity contribution in [3.8, 4) is 0 Å². The fraction of sp³-hybridized carbons (Fsp3) is 0.857. The normalized spacial score (nSPS) is 34.3. The maximum Gasteiger partial charge on any atom is 0.335 e. The summed E-state index contributed by atoms with van der Waals surface area (Å²) in [6.45, 7) is 1.99. The molecule has 72 valence electrons. The summed E-state index contributed by atoms with van der Waals surface area (Å²) in [5.41, 5.74) is 4.34. The summed E-state index contributed by atoms with van der Waals surface area (Å²) in [5.74, 6) is -0.895. The van der Waals surface area contributed by atoms with E-state index in [9.17, 15) is 4.79 Å². The van der Waals surface area contributed by atoms with Gasteiger partial charge in [-0.25, -0.2) is 4.79 Å². The number of nitrogens with two attached hydrogens (primary N) is 1. The monoisotopic (exact) mass is 195 g/mol. The lowest BCUT2D eigenvalue weighted by molar-refractivity contribution is -0.161. The third-order valence-corrected chi connectivity index (χ3v) is 2.09. The number of aliphatic carboxylic acids is 1. The van der Waals surface area contributed by atoms with Crippen LogP contribution >= 0.6 is 12.4 Å². The molecule has 1 rings (SSSR count). The average molecular weight is 196 g/mol. The number of carbonyl (C=O) groups is 1. The Morgan fingerprint density at radius 1 is 1.83 bits per heavy atom. The van der Waals surface area contributed by atoms with E-state index in [-0.39, 0.29) is 18.5 Å². The minimum Gasteiger partial charge on any atom is -0.479 e. The molecule has 0 aromatic rings. The Bertz CT molecular complexity index is 176. The van der Waals surface area contributed by atoms with E-state index in [0.717, 1.165) is 6.42 Å². The highest BCUT2D eigenvalue weighted by molar-refractivity contribution is 5.85. The van der Waals surface area contributed by atoms with Crippen LogP contribution in [0.5, 0.6) is 0 Å². The van der Waals surface area contributed by atoms with Crippen LogP contribution in [0.3, 0.4) is 0 Å². The zero-order valence-electron chi connectivity index (χ0n) is 6.95. The molecule has 0 spiro atoms. The number of carboxylic acids is 1. The van der Waals surface area contributed by atoms with E-state index in [0.29, 0.717) is 13.0 Å². The van der Waals surface area contributed by atoms with Gasteiger partial charge in [-0.2, -0.15) is 0 Å². The molecule has 1 aliphatic heterocycles. The Morgan fingerprint density at radius 3 is 2.67 bits per heavy atom. The summed E-state index contributed by atoms with van der Waals surface area (Å²) in [4.78, 5) is 10.6. The number of hydrogen-bond donors (Lipinski definition) is 2. The zero-order valence-corrected chi connectivity index (χ0v) is 7.76. The number of ether oxygens (including phenoxy) is 1. The summed E-state index contributed by atoms with van der Waals surface area (Å²) < 4.78 is 5.23. The average Bonchev–Trinajstić information content (AvgIpc) is 2.33. The summed E-state index contributed by atoms with van der Waals surface area (Å²) in [6.07, 6.45) is 1.24. The molecule has 0 saturated carbocycles. The molecule has 2 atom stereocenters. The molecule has 1 aliphatic rings. The van der Waals surface area contributed by atoms with Crippen LogP contribution in [0.4, 0.5) is 0 Å². The van der Waals surface area contributed by atoms with Gasteiger partial charge >= 0.3 is 5.97 Å². The lowest BCUT2D eigenvalue weighted by Gasteiger charge is -2.18. The van der Waals surface area contributed by atoms with Gasteiger partial charge in [0.15, 0.2) is 5.60 Å². The van der Waals surface area contributed by atoms with Crippen molar-refractivity contribution in [3.63, 3.8) is 0 Å². The standard InChI is InChI=1S/C7H13NO3.ClH/c1-7(6(9)10)3-2-5(4-8)11-7;/h5H,2-4,8H2,1H3,(H,9,10);1H. The van der Waals surface area contributed by atoms with Gasteiger partial charge in [0.05, 0.1) is 6.10 Å². The van der Waals surface area contributed by atoms with Gasteiger partial charge in [-0.05, 0) is 19.8 Å². The van der Waals surface area contributed by atoms with Gasteiger partial charge in [-0.15, -0.1) is 12.4 Å². The minimum atomic E-state index is -0.996. The van der Waals surface area contributed by atoms with E-state index in [4.69, 9.17) is 15.6 Å². The van der Waals surface area contributed by atoms with Gasteiger partial charge < -0.3 is 15.6 Å². The molecule has 1 heterocycles. The summed E-state index contributed by atoms with van der Waals surface area (Å²) in [7, 11) is 0. The van der Waals surface area contributed by atoms with Gasteiger partial charge in [-0.1, -0.05) is 0 Å². The van der Waals surface area contributed by atoms with E-state index >= 15 is 0 Å². The molecule has 1 saturated heterocycles. The van der Waals surface area contributed by atoms with Crippen LogP contribution in [0.2, 0.25) is 0 Å². The van der Waals surface area contributed by atoms with Gasteiger partial charge in [0, 0.05) is 6.54 Å². The van der Waals surface area contributed by atoms with Crippen molar-refractivity contribution in [1.29, 1.82) is 0 Å². The second-order valence-electron chi connectivity index (χ2n) is 3.05. The molecule has 0 radical (unpaired) electrons. The van der Waals surface area contributed by atoms with Crippen LogP contribution in [-0.2, 0) is 9.53 Å². The van der Waals surface area contributed by atoms with E-state index in [1.165, 1.54) is 0 Å². The van der Waals surface area contributed by atoms with Crippen LogP contribution in [-0.4, -0.2) is 29.3 Å². The lowest BCUT2D eigenvalue weighted by atomic mass is 10.0. The first kappa shape index (κ1) is 11.7. The van der Waals surface area contributed by atoms with Crippen molar-refractivity contribution in [2.24, 2.45) is 5.73 Å². The molecule has 3 N–H and O–H groups in total. The molecule has 1 fully saturated rings. The van der Waals surface area contributed by atoms with Crippen molar-refractivity contribution >= 4 is 18.4 Å². The highest BCUT2D eigenvalue weighted by Crippen LogP contribution is 2.29. The van der Waals surface area contributed by atoms with Crippen molar-refractivity contribution in [2.75, 3.05) is 6.54 Å². The fourth-order valence-electron chi connectivity index (χ4n) is 1.25. The highest BCUT2D eigenvalue weighted by Gasteiger charge is 2.41. The van der Waals surface area contributed by atoms with Gasteiger partial charge in [0.25, 0.3) is 0 Å². The maximum atomic E-state index is 10.6. The number of halogens is 1. The Hall–Kier alpha value is -0.320. The predicted molar refractivity (Wildman–Crippen MR) is 46.5 cm³/mol. The van der Waals surface area contributed by atoms with Crippen molar-refractivity contribution < 1.29 is 14.6 Å². The summed E-state index contributed by atoms with van der Waals surface area (Å²) in [5, 5.41) is 8.72. The first-order valence-corrected chi connectivity index (χ1v) is 3.70. The van der Waals surface area contributed by atoms with Crippen LogP contribution < -0.4 is 5.73 Å². The smallest absolute Gasteiger partial charge is 0.335 e. The number of rotatable bonds is 2.